The molecule has 0 radical (unpaired) electrons. The van der Waals surface area contributed by atoms with E-state index in [1.807, 2.05) is 30.3 Å². The molecule has 1 aliphatic rings. The van der Waals surface area contributed by atoms with Gasteiger partial charge in [-0.25, -0.2) is 0 Å². The lowest BCUT2D eigenvalue weighted by Gasteiger charge is -2.32. The summed E-state index contributed by atoms with van der Waals surface area (Å²) in [5.41, 5.74) is 1.94. The largest absolute Gasteiger partial charge is 0.352 e. The van der Waals surface area contributed by atoms with Gasteiger partial charge in [0.15, 0.2) is 0 Å². The number of nitrogens with one attached hydrogen (secondary N) is 1. The molecular weight excluding hydrogens is 414 g/mol. The van der Waals surface area contributed by atoms with E-state index >= 15 is 0 Å². The molecule has 3 aromatic rings. The van der Waals surface area contributed by atoms with Crippen molar-refractivity contribution in [1.29, 1.82) is 0 Å². The Morgan fingerprint density at radius 2 is 1.84 bits per heavy atom. The average Bonchev–Trinajstić information content (AvgIpc) is 3.28. The Morgan fingerprint density at radius 1 is 1.10 bits per heavy atom. The Balaban J connectivity index is 1.38. The summed E-state index contributed by atoms with van der Waals surface area (Å²) in [5.74, 6) is 0.627. The molecule has 2 heterocycles. The number of carbonyl (C=O) groups is 1. The van der Waals surface area contributed by atoms with Crippen molar-refractivity contribution in [2.45, 2.75) is 6.42 Å². The second-order valence-corrected chi connectivity index (χ2v) is 8.17. The minimum Gasteiger partial charge on any atom is -0.352 e. The first-order chi connectivity index (χ1) is 15.1. The van der Waals surface area contributed by atoms with E-state index in [0.29, 0.717) is 34.4 Å². The van der Waals surface area contributed by atoms with Gasteiger partial charge >= 0.3 is 0 Å². The summed E-state index contributed by atoms with van der Waals surface area (Å²) in [6.07, 6.45) is 0.916. The van der Waals surface area contributed by atoms with E-state index in [0.717, 1.165) is 44.7 Å². The highest BCUT2D eigenvalue weighted by molar-refractivity contribution is 6.30. The molecule has 8 heteroatoms. The van der Waals surface area contributed by atoms with E-state index in [9.17, 15) is 4.79 Å². The maximum atomic E-state index is 12.8. The van der Waals surface area contributed by atoms with Crippen LogP contribution in [0.25, 0.3) is 22.8 Å². The van der Waals surface area contributed by atoms with Crippen LogP contribution in [0, 0.1) is 0 Å². The van der Waals surface area contributed by atoms with E-state index < -0.39 is 0 Å². The molecule has 0 bridgehead atoms. The number of rotatable bonds is 7. The zero-order valence-electron chi connectivity index (χ0n) is 17.6. The SMILES string of the molecule is CN1CCN(CCCNC(=O)c2ccccc2-c2nc(-c3ccc(Cl)cc3)no2)CC1. The van der Waals surface area contributed by atoms with Crippen LogP contribution in [0.5, 0.6) is 0 Å². The van der Waals surface area contributed by atoms with Crippen LogP contribution in [0.3, 0.4) is 0 Å². The first kappa shape index (κ1) is 21.5. The molecule has 1 N–H and O–H groups in total. The second-order valence-electron chi connectivity index (χ2n) is 7.73. The second kappa shape index (κ2) is 10.0. The zero-order valence-corrected chi connectivity index (χ0v) is 18.3. The van der Waals surface area contributed by atoms with E-state index in [4.69, 9.17) is 16.1 Å². The average molecular weight is 440 g/mol. The Hall–Kier alpha value is -2.74. The van der Waals surface area contributed by atoms with Crippen molar-refractivity contribution < 1.29 is 9.32 Å². The summed E-state index contributed by atoms with van der Waals surface area (Å²) in [6, 6.07) is 14.5. The Kier molecular flexibility index (Phi) is 6.96. The lowest BCUT2D eigenvalue weighted by atomic mass is 10.1. The normalized spacial score (nSPS) is 15.2. The van der Waals surface area contributed by atoms with Crippen molar-refractivity contribution >= 4 is 17.5 Å². The van der Waals surface area contributed by atoms with E-state index in [1.165, 1.54) is 0 Å². The zero-order chi connectivity index (χ0) is 21.6. The van der Waals surface area contributed by atoms with Crippen molar-refractivity contribution in [1.82, 2.24) is 25.3 Å². The van der Waals surface area contributed by atoms with Crippen LogP contribution < -0.4 is 5.32 Å². The number of likely N-dealkylation sites (N-methyl/N-ethyl adjacent to an activating group) is 1. The third kappa shape index (κ3) is 5.50. The van der Waals surface area contributed by atoms with Crippen LogP contribution >= 0.6 is 11.6 Å². The molecule has 7 nitrogen and oxygen atoms in total. The summed E-state index contributed by atoms with van der Waals surface area (Å²) in [7, 11) is 2.15. The topological polar surface area (TPSA) is 74.5 Å². The van der Waals surface area contributed by atoms with Gasteiger partial charge in [-0.3, -0.25) is 4.79 Å². The van der Waals surface area contributed by atoms with Crippen LogP contribution in [-0.2, 0) is 0 Å². The number of benzene rings is 2. The molecule has 31 heavy (non-hydrogen) atoms. The summed E-state index contributed by atoms with van der Waals surface area (Å²) < 4.78 is 5.46. The van der Waals surface area contributed by atoms with Crippen molar-refractivity contribution in [2.75, 3.05) is 46.3 Å². The molecule has 1 aliphatic heterocycles. The number of amides is 1. The molecule has 0 aliphatic carbocycles. The van der Waals surface area contributed by atoms with Crippen LogP contribution in [0.15, 0.2) is 53.1 Å². The Labute approximate surface area is 187 Å². The number of nitrogens with zero attached hydrogens (tertiary/aromatic N) is 4. The summed E-state index contributed by atoms with van der Waals surface area (Å²) in [5, 5.41) is 7.72. The molecule has 1 saturated heterocycles. The summed E-state index contributed by atoms with van der Waals surface area (Å²) in [4.78, 5) is 22.1. The van der Waals surface area contributed by atoms with Crippen molar-refractivity contribution in [2.24, 2.45) is 0 Å². The quantitative estimate of drug-likeness (QED) is 0.568. The van der Waals surface area contributed by atoms with Crippen LogP contribution in [0.1, 0.15) is 16.8 Å². The van der Waals surface area contributed by atoms with Gasteiger partial charge in [0.2, 0.25) is 5.82 Å². The lowest BCUT2D eigenvalue weighted by Crippen LogP contribution is -2.45. The smallest absolute Gasteiger partial charge is 0.259 e. The number of halogens is 1. The first-order valence-electron chi connectivity index (χ1n) is 10.5. The molecule has 2 aromatic carbocycles. The molecule has 0 saturated carbocycles. The molecule has 162 valence electrons. The lowest BCUT2D eigenvalue weighted by molar-refractivity contribution is 0.0950. The minimum atomic E-state index is -0.139. The predicted octanol–water partition coefficient (Wildman–Crippen LogP) is 3.42. The molecular formula is C23H26ClN5O2. The molecule has 1 fully saturated rings. The standard InChI is InChI=1S/C23H26ClN5O2/c1-28-13-15-29(16-14-28)12-4-11-25-22(30)19-5-2-3-6-20(19)23-26-21(27-31-23)17-7-9-18(24)10-8-17/h2-3,5-10H,4,11-16H2,1H3,(H,25,30). The number of aromatic nitrogens is 2. The maximum Gasteiger partial charge on any atom is 0.259 e. The van der Waals surface area contributed by atoms with Gasteiger partial charge in [0.05, 0.1) is 11.1 Å². The van der Waals surface area contributed by atoms with Gasteiger partial charge in [-0.05, 0) is 56.4 Å². The maximum absolute atomic E-state index is 12.8. The van der Waals surface area contributed by atoms with Crippen molar-refractivity contribution in [3.8, 4) is 22.8 Å². The van der Waals surface area contributed by atoms with Gasteiger partial charge in [-0.2, -0.15) is 4.98 Å². The summed E-state index contributed by atoms with van der Waals surface area (Å²) >= 11 is 5.94. The van der Waals surface area contributed by atoms with Crippen molar-refractivity contribution in [3.05, 3.63) is 59.1 Å². The highest BCUT2D eigenvalue weighted by atomic mass is 35.5. The molecule has 0 spiro atoms. The summed E-state index contributed by atoms with van der Waals surface area (Å²) in [6.45, 7) is 5.98. The van der Waals surface area contributed by atoms with Gasteiger partial charge in [0, 0.05) is 43.3 Å². The van der Waals surface area contributed by atoms with Gasteiger partial charge in [-0.15, -0.1) is 0 Å². The van der Waals surface area contributed by atoms with Gasteiger partial charge in [-0.1, -0.05) is 28.9 Å². The Morgan fingerprint density at radius 3 is 2.61 bits per heavy atom. The monoisotopic (exact) mass is 439 g/mol. The number of hydrogen-bond donors (Lipinski definition) is 1. The van der Waals surface area contributed by atoms with Gasteiger partial charge in [0.1, 0.15) is 0 Å². The fourth-order valence-electron chi connectivity index (χ4n) is 3.59. The van der Waals surface area contributed by atoms with Crippen molar-refractivity contribution in [3.63, 3.8) is 0 Å². The number of carbonyl (C=O) groups excluding carboxylic acids is 1. The third-order valence-corrected chi connectivity index (χ3v) is 5.72. The Bertz CT molecular complexity index is 1010. The molecule has 0 atom stereocenters. The van der Waals surface area contributed by atoms with Gasteiger partial charge < -0.3 is 19.6 Å². The van der Waals surface area contributed by atoms with Crippen LogP contribution in [0.4, 0.5) is 0 Å². The van der Waals surface area contributed by atoms with Gasteiger partial charge in [0.25, 0.3) is 11.8 Å². The molecule has 1 aromatic heterocycles. The fourth-order valence-corrected chi connectivity index (χ4v) is 3.71. The fraction of sp³-hybridized carbons (Fsp3) is 0.348. The number of hydrogen-bond acceptors (Lipinski definition) is 6. The highest BCUT2D eigenvalue weighted by Gasteiger charge is 2.18. The minimum absolute atomic E-state index is 0.139. The highest BCUT2D eigenvalue weighted by Crippen LogP contribution is 2.26. The molecule has 1 amide bonds. The number of piperazine rings is 1. The van der Waals surface area contributed by atoms with E-state index in [1.54, 1.807) is 18.2 Å². The van der Waals surface area contributed by atoms with E-state index in [2.05, 4.69) is 32.3 Å². The molecule has 0 unspecified atom stereocenters. The molecule has 4 rings (SSSR count). The van der Waals surface area contributed by atoms with Crippen LogP contribution in [0.2, 0.25) is 5.02 Å². The van der Waals surface area contributed by atoms with E-state index in [-0.39, 0.29) is 5.91 Å². The predicted molar refractivity (Wildman–Crippen MR) is 121 cm³/mol. The van der Waals surface area contributed by atoms with Crippen LogP contribution in [-0.4, -0.2) is 72.2 Å². The first-order valence-corrected chi connectivity index (χ1v) is 10.9. The third-order valence-electron chi connectivity index (χ3n) is 5.46.